The van der Waals surface area contributed by atoms with E-state index in [0.29, 0.717) is 6.54 Å². The number of ether oxygens (including phenoxy) is 4. The van der Waals surface area contributed by atoms with E-state index in [4.69, 9.17) is 53.3 Å². The van der Waals surface area contributed by atoms with Gasteiger partial charge in [0.2, 0.25) is 0 Å². The average Bonchev–Trinajstić information content (AvgIpc) is 3.70. The fraction of sp³-hybridized carbons (Fsp3) is 0.929. The number of hydrogen-bond acceptors (Lipinski definition) is 18. The van der Waals surface area contributed by atoms with E-state index in [1.807, 2.05) is 0 Å². The second kappa shape index (κ2) is 15.4. The molecular weight excluding hydrogens is 654 g/mol. The lowest BCUT2D eigenvalue weighted by molar-refractivity contribution is -0.321. The minimum absolute atomic E-state index is 0.0783. The molecule has 2 saturated heterocycles. The zero-order valence-electron chi connectivity index (χ0n) is 26.9. The van der Waals surface area contributed by atoms with Crippen LogP contribution in [0.2, 0.25) is 0 Å². The number of nitrogens with one attached hydrogen (secondary N) is 2. The maximum atomic E-state index is 13.3. The van der Waals surface area contributed by atoms with E-state index >= 15 is 0 Å². The van der Waals surface area contributed by atoms with Gasteiger partial charge >= 0.3 is 0 Å². The molecule has 21 heteroatoms. The molecule has 0 radical (unpaired) electrons. The number of nitrogens with two attached hydrogens (primary N) is 6. The molecule has 0 spiro atoms. The number of aliphatic hydroxyl groups excluding tert-OH is 6. The van der Waals surface area contributed by atoms with Crippen molar-refractivity contribution in [1.29, 1.82) is 0 Å². The van der Waals surface area contributed by atoms with Crippen LogP contribution in [0.1, 0.15) is 25.7 Å². The molecule has 5 rings (SSSR count). The number of carbonyl (C=O) groups is 1. The molecule has 5 aliphatic rings. The van der Waals surface area contributed by atoms with Crippen molar-refractivity contribution in [2.75, 3.05) is 19.7 Å². The molecule has 3 aliphatic carbocycles. The first-order chi connectivity index (χ1) is 23.1. The molecule has 21 N–H and O–H groups in total. The fourth-order valence-electron chi connectivity index (χ4n) is 7.10. The summed E-state index contributed by atoms with van der Waals surface area (Å²) in [7, 11) is 0. The van der Waals surface area contributed by atoms with Crippen LogP contribution in [0, 0.1) is 5.92 Å². The van der Waals surface area contributed by atoms with Gasteiger partial charge in [0.15, 0.2) is 24.1 Å². The first-order valence-corrected chi connectivity index (χ1v) is 16.5. The number of nitrogens with zero attached hydrogens (tertiary/aromatic N) is 1. The summed E-state index contributed by atoms with van der Waals surface area (Å²) in [6.45, 7) is -0.419. The molecule has 2 aliphatic heterocycles. The van der Waals surface area contributed by atoms with E-state index in [1.165, 1.54) is 0 Å². The third kappa shape index (κ3) is 7.96. The van der Waals surface area contributed by atoms with Gasteiger partial charge in [0.05, 0.1) is 30.8 Å². The van der Waals surface area contributed by atoms with Gasteiger partial charge in [-0.05, 0) is 31.7 Å². The summed E-state index contributed by atoms with van der Waals surface area (Å²) in [4.78, 5) is 17.1. The summed E-state index contributed by atoms with van der Waals surface area (Å²) in [5.41, 5.74) is 33.0. The average molecular weight is 708 g/mol. The SMILES string of the molecule is NC[C@H]1O[C@H](OC2[C@@H](N)C[C@@H](NC(=O)C3(O)CC3N=C(N)N)[C@H](O[C@H]3O[C@H](CO)[C@@H](O)[C@H](N)[C@H]3O)[C@H]2O)[C@H](NCC2CC(N)C2)[C@@H](O)[C@@H]1O. The molecule has 17 atom stereocenters. The quantitative estimate of drug-likeness (QED) is 0.0661. The van der Waals surface area contributed by atoms with Crippen LogP contribution in [-0.4, -0.2) is 177 Å². The Morgan fingerprint density at radius 3 is 2.14 bits per heavy atom. The second-order valence-corrected chi connectivity index (χ2v) is 13.9. The molecule has 49 heavy (non-hydrogen) atoms. The third-order valence-electron chi connectivity index (χ3n) is 10.3. The highest BCUT2D eigenvalue weighted by Crippen LogP contribution is 2.40. The molecule has 0 aromatic rings. The van der Waals surface area contributed by atoms with Gasteiger partial charge in [-0.3, -0.25) is 4.79 Å². The number of hydrogen-bond donors (Lipinski definition) is 15. The second-order valence-electron chi connectivity index (χ2n) is 13.9. The zero-order valence-corrected chi connectivity index (χ0v) is 26.9. The van der Waals surface area contributed by atoms with Gasteiger partial charge in [-0.15, -0.1) is 0 Å². The minimum Gasteiger partial charge on any atom is -0.394 e. The van der Waals surface area contributed by atoms with E-state index in [-0.39, 0.29) is 37.3 Å². The highest BCUT2D eigenvalue weighted by Gasteiger charge is 2.61. The highest BCUT2D eigenvalue weighted by molar-refractivity contribution is 5.90. The number of carbonyl (C=O) groups excluding carboxylic acids is 1. The van der Waals surface area contributed by atoms with Crippen molar-refractivity contribution in [3.05, 3.63) is 0 Å². The first kappa shape index (κ1) is 38.3. The molecule has 3 saturated carbocycles. The Morgan fingerprint density at radius 2 is 1.53 bits per heavy atom. The van der Waals surface area contributed by atoms with Crippen molar-refractivity contribution in [1.82, 2.24) is 10.6 Å². The van der Waals surface area contributed by atoms with Crippen LogP contribution in [0.3, 0.4) is 0 Å². The van der Waals surface area contributed by atoms with Crippen LogP contribution in [-0.2, 0) is 23.7 Å². The Labute approximate surface area is 282 Å². The Kier molecular flexibility index (Phi) is 12.0. The van der Waals surface area contributed by atoms with Crippen molar-refractivity contribution in [3.8, 4) is 0 Å². The van der Waals surface area contributed by atoms with Gasteiger partial charge in [0.25, 0.3) is 5.91 Å². The molecule has 0 aromatic carbocycles. The summed E-state index contributed by atoms with van der Waals surface area (Å²) in [6.07, 6.45) is -14.2. The van der Waals surface area contributed by atoms with Gasteiger partial charge in [0, 0.05) is 25.0 Å². The van der Waals surface area contributed by atoms with Crippen molar-refractivity contribution in [2.45, 2.75) is 135 Å². The Morgan fingerprint density at radius 1 is 0.878 bits per heavy atom. The van der Waals surface area contributed by atoms with Crippen LogP contribution >= 0.6 is 0 Å². The van der Waals surface area contributed by atoms with Crippen LogP contribution in [0.5, 0.6) is 0 Å². The Bertz CT molecular complexity index is 1170. The summed E-state index contributed by atoms with van der Waals surface area (Å²) in [5.74, 6) is -0.989. The summed E-state index contributed by atoms with van der Waals surface area (Å²) in [5, 5.41) is 81.0. The molecule has 21 nitrogen and oxygen atoms in total. The van der Waals surface area contributed by atoms with E-state index in [2.05, 4.69) is 15.6 Å². The number of rotatable bonds is 12. The lowest BCUT2D eigenvalue weighted by Crippen LogP contribution is -2.70. The molecule has 1 amide bonds. The van der Waals surface area contributed by atoms with E-state index < -0.39 is 116 Å². The molecular formula is C28H53N9O12. The van der Waals surface area contributed by atoms with Crippen LogP contribution in [0.25, 0.3) is 0 Å². The van der Waals surface area contributed by atoms with Crippen molar-refractivity contribution >= 4 is 11.9 Å². The number of aliphatic imine (C=N–C) groups is 1. The number of amides is 1. The zero-order chi connectivity index (χ0) is 35.9. The molecule has 282 valence electrons. The Hall–Kier alpha value is -1.90. The van der Waals surface area contributed by atoms with E-state index in [1.54, 1.807) is 0 Å². The molecule has 2 heterocycles. The highest BCUT2D eigenvalue weighted by atomic mass is 16.7. The van der Waals surface area contributed by atoms with Gasteiger partial charge in [-0.25, -0.2) is 4.99 Å². The standard InChI is InChI=1S/C28H53N9O12/c29-5-12-18(40)20(42)16(35-6-8-1-9(30)2-8)24(46-12)48-22-10(31)3-11(36-26(44)28(45)4-14(28)37-27(33)34)23(21(22)43)49-25-19(41)15(32)17(39)13(7-38)47-25/h8-25,35,38-43,45H,1-7,29-32H2,(H,36,44)(H4,33,34,37)/t8?,9?,10-,11+,12+,13+,14?,15-,16+,17+,18+,19+,20+,21-,22?,23-,24+,25+,28?/m0/s1. The van der Waals surface area contributed by atoms with Gasteiger partial charge in [-0.2, -0.15) is 0 Å². The van der Waals surface area contributed by atoms with Crippen LogP contribution in [0.4, 0.5) is 0 Å². The smallest absolute Gasteiger partial charge is 0.254 e. The predicted molar refractivity (Wildman–Crippen MR) is 167 cm³/mol. The first-order valence-electron chi connectivity index (χ1n) is 16.5. The number of guanidine groups is 1. The third-order valence-corrected chi connectivity index (χ3v) is 10.3. The Balaban J connectivity index is 1.37. The van der Waals surface area contributed by atoms with Crippen LogP contribution < -0.4 is 45.0 Å². The van der Waals surface area contributed by atoms with E-state index in [0.717, 1.165) is 12.8 Å². The normalized spacial score (nSPS) is 49.9. The summed E-state index contributed by atoms with van der Waals surface area (Å²) >= 11 is 0. The maximum Gasteiger partial charge on any atom is 0.254 e. The largest absolute Gasteiger partial charge is 0.394 e. The fourth-order valence-corrected chi connectivity index (χ4v) is 7.10. The summed E-state index contributed by atoms with van der Waals surface area (Å²) in [6, 6.07) is -5.31. The van der Waals surface area contributed by atoms with Crippen molar-refractivity contribution in [3.63, 3.8) is 0 Å². The van der Waals surface area contributed by atoms with Crippen molar-refractivity contribution in [2.24, 2.45) is 45.3 Å². The topological polar surface area (TPSA) is 388 Å². The number of aliphatic hydroxyl groups is 7. The van der Waals surface area contributed by atoms with Gasteiger partial charge in [-0.1, -0.05) is 0 Å². The lowest BCUT2D eigenvalue weighted by Gasteiger charge is -2.49. The molecule has 5 fully saturated rings. The summed E-state index contributed by atoms with van der Waals surface area (Å²) < 4.78 is 23.8. The molecule has 0 aromatic heterocycles. The lowest BCUT2D eigenvalue weighted by atomic mass is 9.80. The van der Waals surface area contributed by atoms with Gasteiger partial charge < -0.3 is 99.7 Å². The van der Waals surface area contributed by atoms with Gasteiger partial charge in [0.1, 0.15) is 54.9 Å². The maximum absolute atomic E-state index is 13.3. The van der Waals surface area contributed by atoms with Crippen molar-refractivity contribution < 1.29 is 59.5 Å². The minimum atomic E-state index is -1.96. The molecule has 0 bridgehead atoms. The molecule has 3 unspecified atom stereocenters. The van der Waals surface area contributed by atoms with E-state index in [9.17, 15) is 40.5 Å². The van der Waals surface area contributed by atoms with Crippen LogP contribution in [0.15, 0.2) is 4.99 Å². The monoisotopic (exact) mass is 707 g/mol. The predicted octanol–water partition coefficient (Wildman–Crippen LogP) is -9.02.